The number of nitrogens with zero attached hydrogens (tertiary/aromatic N) is 1. The summed E-state index contributed by atoms with van der Waals surface area (Å²) in [6, 6.07) is 6.03. The van der Waals surface area contributed by atoms with E-state index in [2.05, 4.69) is 6.92 Å². The summed E-state index contributed by atoms with van der Waals surface area (Å²) in [6.07, 6.45) is 0. The lowest BCUT2D eigenvalue weighted by Crippen LogP contribution is -2.41. The van der Waals surface area contributed by atoms with Crippen LogP contribution in [-0.4, -0.2) is 30.8 Å². The molecule has 4 nitrogen and oxygen atoms in total. The quantitative estimate of drug-likeness (QED) is 0.936. The first kappa shape index (κ1) is 12.8. The van der Waals surface area contributed by atoms with Gasteiger partial charge in [-0.3, -0.25) is 0 Å². The Balaban J connectivity index is 2.01. The fraction of sp³-hybridized carbons (Fsp3) is 0.500. The molecule has 2 N–H and O–H groups in total. The van der Waals surface area contributed by atoms with Gasteiger partial charge >= 0.3 is 0 Å². The molecule has 1 fully saturated rings. The summed E-state index contributed by atoms with van der Waals surface area (Å²) < 4.78 is 12.2. The lowest BCUT2D eigenvalue weighted by Gasteiger charge is -2.23. The Bertz CT molecular complexity index is 598. The van der Waals surface area contributed by atoms with Gasteiger partial charge in [0.15, 0.2) is 0 Å². The van der Waals surface area contributed by atoms with E-state index in [1.165, 1.54) is 0 Å². The van der Waals surface area contributed by atoms with Crippen LogP contribution in [0, 0.1) is 0 Å². The van der Waals surface area contributed by atoms with E-state index in [0.717, 1.165) is 21.0 Å². The van der Waals surface area contributed by atoms with Gasteiger partial charge in [-0.25, -0.2) is 4.98 Å². The summed E-state index contributed by atoms with van der Waals surface area (Å²) in [5.74, 6) is 0.891. The number of aromatic nitrogens is 1. The van der Waals surface area contributed by atoms with Crippen molar-refractivity contribution in [3.05, 3.63) is 23.2 Å². The van der Waals surface area contributed by atoms with E-state index in [9.17, 15) is 0 Å². The maximum atomic E-state index is 6.16. The average molecular weight is 278 g/mol. The molecule has 2 atom stereocenters. The number of thiazole rings is 1. The Morgan fingerprint density at radius 3 is 3.11 bits per heavy atom. The zero-order chi connectivity index (χ0) is 13.5. The third-order valence-electron chi connectivity index (χ3n) is 3.68. The van der Waals surface area contributed by atoms with E-state index < -0.39 is 0 Å². The van der Waals surface area contributed by atoms with Crippen molar-refractivity contribution in [1.82, 2.24) is 4.98 Å². The lowest BCUT2D eigenvalue weighted by atomic mass is 9.87. The minimum Gasteiger partial charge on any atom is -0.494 e. The molecule has 2 heterocycles. The highest BCUT2D eigenvalue weighted by atomic mass is 32.1. The molecular formula is C14H18N2O2S. The number of hydrogen-bond donors (Lipinski definition) is 1. The van der Waals surface area contributed by atoms with Gasteiger partial charge in [-0.1, -0.05) is 0 Å². The van der Waals surface area contributed by atoms with E-state index in [0.29, 0.717) is 19.8 Å². The van der Waals surface area contributed by atoms with Gasteiger partial charge in [0.05, 0.1) is 35.5 Å². The van der Waals surface area contributed by atoms with Crippen LogP contribution in [0.5, 0.6) is 5.75 Å². The van der Waals surface area contributed by atoms with Gasteiger partial charge in [0.25, 0.3) is 0 Å². The molecule has 3 rings (SSSR count). The molecule has 0 bridgehead atoms. The van der Waals surface area contributed by atoms with Crippen molar-refractivity contribution in [1.29, 1.82) is 0 Å². The van der Waals surface area contributed by atoms with Crippen molar-refractivity contribution in [2.24, 2.45) is 5.73 Å². The monoisotopic (exact) mass is 278 g/mol. The molecule has 5 heteroatoms. The molecule has 0 spiro atoms. The largest absolute Gasteiger partial charge is 0.494 e. The molecule has 1 saturated heterocycles. The van der Waals surface area contributed by atoms with E-state index in [-0.39, 0.29) is 11.5 Å². The summed E-state index contributed by atoms with van der Waals surface area (Å²) in [4.78, 5) is 4.72. The second-order valence-corrected chi connectivity index (χ2v) is 6.15. The molecule has 2 unspecified atom stereocenters. The van der Waals surface area contributed by atoms with Crippen molar-refractivity contribution >= 4 is 21.6 Å². The van der Waals surface area contributed by atoms with Crippen LogP contribution in [0.25, 0.3) is 10.2 Å². The van der Waals surface area contributed by atoms with Crippen molar-refractivity contribution in [2.45, 2.75) is 25.3 Å². The molecule has 1 aliphatic rings. The molecule has 1 aromatic carbocycles. The van der Waals surface area contributed by atoms with Crippen LogP contribution < -0.4 is 10.5 Å². The number of fused-ring (bicyclic) bond motifs is 1. The fourth-order valence-electron chi connectivity index (χ4n) is 2.31. The van der Waals surface area contributed by atoms with Gasteiger partial charge in [-0.2, -0.15) is 0 Å². The second-order valence-electron chi connectivity index (χ2n) is 5.12. The molecule has 0 aliphatic carbocycles. The molecule has 2 aromatic rings. The van der Waals surface area contributed by atoms with Gasteiger partial charge in [-0.05, 0) is 32.0 Å². The molecule has 19 heavy (non-hydrogen) atoms. The van der Waals surface area contributed by atoms with Crippen LogP contribution in [0.4, 0.5) is 0 Å². The highest BCUT2D eigenvalue weighted by Crippen LogP contribution is 2.37. The van der Waals surface area contributed by atoms with Crippen LogP contribution in [0.2, 0.25) is 0 Å². The molecule has 0 radical (unpaired) electrons. The average Bonchev–Trinajstić information content (AvgIpc) is 2.95. The molecule has 0 amide bonds. The Labute approximate surface area is 116 Å². The SMILES string of the molecule is CCOc1ccc2nc(C3(C)COCC3N)sc2c1. The number of hydrogen-bond acceptors (Lipinski definition) is 5. The van der Waals surface area contributed by atoms with Crippen LogP contribution >= 0.6 is 11.3 Å². The minimum atomic E-state index is -0.171. The Kier molecular flexibility index (Phi) is 3.20. The Hall–Kier alpha value is -1.17. The summed E-state index contributed by atoms with van der Waals surface area (Å²) in [7, 11) is 0. The number of nitrogens with two attached hydrogens (primary N) is 1. The van der Waals surface area contributed by atoms with Gasteiger partial charge in [0.2, 0.25) is 0 Å². The number of benzene rings is 1. The van der Waals surface area contributed by atoms with E-state index in [4.69, 9.17) is 20.2 Å². The zero-order valence-electron chi connectivity index (χ0n) is 11.2. The van der Waals surface area contributed by atoms with Crippen LogP contribution in [-0.2, 0) is 10.2 Å². The van der Waals surface area contributed by atoms with Crippen LogP contribution in [0.3, 0.4) is 0 Å². The van der Waals surface area contributed by atoms with E-state index >= 15 is 0 Å². The normalized spacial score (nSPS) is 27.0. The molecule has 102 valence electrons. The molecule has 1 aromatic heterocycles. The first-order chi connectivity index (χ1) is 9.13. The first-order valence-electron chi connectivity index (χ1n) is 6.50. The van der Waals surface area contributed by atoms with Gasteiger partial charge in [0.1, 0.15) is 10.8 Å². The van der Waals surface area contributed by atoms with Crippen molar-refractivity contribution in [3.8, 4) is 5.75 Å². The minimum absolute atomic E-state index is 0.0134. The van der Waals surface area contributed by atoms with E-state index in [1.807, 2.05) is 25.1 Å². The summed E-state index contributed by atoms with van der Waals surface area (Å²) >= 11 is 1.69. The first-order valence-corrected chi connectivity index (χ1v) is 7.32. The lowest BCUT2D eigenvalue weighted by molar-refractivity contribution is 0.180. The number of ether oxygens (including phenoxy) is 2. The highest BCUT2D eigenvalue weighted by Gasteiger charge is 2.41. The van der Waals surface area contributed by atoms with E-state index in [1.54, 1.807) is 11.3 Å². The van der Waals surface area contributed by atoms with Crippen molar-refractivity contribution < 1.29 is 9.47 Å². The van der Waals surface area contributed by atoms with Crippen molar-refractivity contribution in [2.75, 3.05) is 19.8 Å². The fourth-order valence-corrected chi connectivity index (χ4v) is 3.50. The zero-order valence-corrected chi connectivity index (χ0v) is 12.0. The van der Waals surface area contributed by atoms with Crippen LogP contribution in [0.1, 0.15) is 18.9 Å². The molecular weight excluding hydrogens is 260 g/mol. The Morgan fingerprint density at radius 1 is 1.58 bits per heavy atom. The van der Waals surface area contributed by atoms with Gasteiger partial charge in [-0.15, -0.1) is 11.3 Å². The standard InChI is InChI=1S/C14H18N2O2S/c1-3-18-9-4-5-10-11(6-9)19-13(16-10)14(2)8-17-7-12(14)15/h4-6,12H,3,7-8,15H2,1-2H3. The summed E-state index contributed by atoms with van der Waals surface area (Å²) in [5, 5.41) is 1.06. The predicted molar refractivity (Wildman–Crippen MR) is 76.9 cm³/mol. The number of rotatable bonds is 3. The second kappa shape index (κ2) is 4.74. The third kappa shape index (κ3) is 2.12. The Morgan fingerprint density at radius 2 is 2.42 bits per heavy atom. The third-order valence-corrected chi connectivity index (χ3v) is 4.98. The summed E-state index contributed by atoms with van der Waals surface area (Å²) in [6.45, 7) is 6.04. The molecule has 1 aliphatic heterocycles. The van der Waals surface area contributed by atoms with Crippen LogP contribution in [0.15, 0.2) is 18.2 Å². The summed E-state index contributed by atoms with van der Waals surface area (Å²) in [5.41, 5.74) is 6.99. The van der Waals surface area contributed by atoms with Crippen molar-refractivity contribution in [3.63, 3.8) is 0 Å². The maximum Gasteiger partial charge on any atom is 0.120 e. The highest BCUT2D eigenvalue weighted by molar-refractivity contribution is 7.18. The van der Waals surface area contributed by atoms with Gasteiger partial charge in [0, 0.05) is 6.04 Å². The van der Waals surface area contributed by atoms with Gasteiger partial charge < -0.3 is 15.2 Å². The topological polar surface area (TPSA) is 57.4 Å². The molecule has 0 saturated carbocycles. The predicted octanol–water partition coefficient (Wildman–Crippen LogP) is 2.31. The smallest absolute Gasteiger partial charge is 0.120 e. The maximum absolute atomic E-state index is 6.16.